The van der Waals surface area contributed by atoms with Crippen molar-refractivity contribution in [1.82, 2.24) is 0 Å². The lowest BCUT2D eigenvalue weighted by Gasteiger charge is -2.07. The third-order valence-corrected chi connectivity index (χ3v) is 5.14. The standard InChI is InChI=1S/C17H11ClS2/c18-16-14(19)11-15(12-7-3-1-4-8-12)20-17(16)13-9-5-2-6-10-13/h1-11H. The van der Waals surface area contributed by atoms with E-state index in [1.54, 1.807) is 11.3 Å². The van der Waals surface area contributed by atoms with E-state index in [0.29, 0.717) is 9.53 Å². The van der Waals surface area contributed by atoms with Crippen LogP contribution in [0.15, 0.2) is 66.7 Å². The fraction of sp³-hybridized carbons (Fsp3) is 0. The number of benzene rings is 2. The summed E-state index contributed by atoms with van der Waals surface area (Å²) in [4.78, 5) is 2.16. The minimum Gasteiger partial charge on any atom is -0.134 e. The predicted octanol–water partition coefficient (Wildman–Crippen LogP) is 6.46. The summed E-state index contributed by atoms with van der Waals surface area (Å²) in [6.07, 6.45) is 0. The maximum atomic E-state index is 6.39. The highest BCUT2D eigenvalue weighted by Crippen LogP contribution is 2.38. The van der Waals surface area contributed by atoms with Crippen molar-refractivity contribution in [3.05, 3.63) is 76.3 Å². The van der Waals surface area contributed by atoms with Crippen LogP contribution in [0.5, 0.6) is 0 Å². The van der Waals surface area contributed by atoms with Crippen LogP contribution in [-0.4, -0.2) is 0 Å². The highest BCUT2D eigenvalue weighted by molar-refractivity contribution is 7.71. The first-order valence-electron chi connectivity index (χ1n) is 6.20. The van der Waals surface area contributed by atoms with Gasteiger partial charge in [-0.15, -0.1) is 11.3 Å². The zero-order valence-corrected chi connectivity index (χ0v) is 12.9. The van der Waals surface area contributed by atoms with Crippen molar-refractivity contribution in [1.29, 1.82) is 0 Å². The molecule has 0 saturated carbocycles. The Morgan fingerprint density at radius 2 is 1.35 bits per heavy atom. The first-order chi connectivity index (χ1) is 9.75. The Kier molecular flexibility index (Phi) is 3.97. The van der Waals surface area contributed by atoms with E-state index in [4.69, 9.17) is 23.8 Å². The van der Waals surface area contributed by atoms with Crippen LogP contribution in [0.3, 0.4) is 0 Å². The van der Waals surface area contributed by atoms with Gasteiger partial charge >= 0.3 is 0 Å². The van der Waals surface area contributed by atoms with Crippen molar-refractivity contribution in [2.75, 3.05) is 0 Å². The van der Waals surface area contributed by atoms with Gasteiger partial charge in [-0.1, -0.05) is 84.5 Å². The van der Waals surface area contributed by atoms with Crippen LogP contribution in [0.2, 0.25) is 5.02 Å². The van der Waals surface area contributed by atoms with Crippen molar-refractivity contribution in [3.63, 3.8) is 0 Å². The molecule has 2 aromatic carbocycles. The average Bonchev–Trinajstić information content (AvgIpc) is 2.51. The molecule has 0 amide bonds. The van der Waals surface area contributed by atoms with E-state index in [1.807, 2.05) is 42.5 Å². The molecule has 0 nitrogen and oxygen atoms in total. The van der Waals surface area contributed by atoms with E-state index in [2.05, 4.69) is 24.3 Å². The molecule has 1 heterocycles. The Balaban J connectivity index is 2.22. The topological polar surface area (TPSA) is 0 Å². The van der Waals surface area contributed by atoms with Gasteiger partial charge in [0, 0.05) is 4.88 Å². The summed E-state index contributed by atoms with van der Waals surface area (Å²) < 4.78 is 0.697. The van der Waals surface area contributed by atoms with Gasteiger partial charge < -0.3 is 0 Å². The smallest absolute Gasteiger partial charge is 0.0765 e. The van der Waals surface area contributed by atoms with Crippen LogP contribution in [0.25, 0.3) is 20.9 Å². The first kappa shape index (κ1) is 13.5. The minimum absolute atomic E-state index is 0.663. The fourth-order valence-corrected chi connectivity index (χ4v) is 3.74. The van der Waals surface area contributed by atoms with Crippen molar-refractivity contribution in [3.8, 4) is 20.9 Å². The molecule has 0 bridgehead atoms. The van der Waals surface area contributed by atoms with Gasteiger partial charge in [0.15, 0.2) is 0 Å². The van der Waals surface area contributed by atoms with Gasteiger partial charge in [-0.25, -0.2) is 0 Å². The van der Waals surface area contributed by atoms with Crippen LogP contribution in [0.1, 0.15) is 0 Å². The van der Waals surface area contributed by atoms with E-state index >= 15 is 0 Å². The molecule has 98 valence electrons. The lowest BCUT2D eigenvalue weighted by atomic mass is 10.1. The largest absolute Gasteiger partial charge is 0.134 e. The molecule has 0 unspecified atom stereocenters. The second-order valence-electron chi connectivity index (χ2n) is 4.35. The van der Waals surface area contributed by atoms with Gasteiger partial charge in [0.05, 0.1) is 14.4 Å². The third-order valence-electron chi connectivity index (χ3n) is 2.98. The molecule has 3 rings (SSSR count). The summed E-state index contributed by atoms with van der Waals surface area (Å²) in [6, 6.07) is 22.4. The SMILES string of the molecule is S=c1cc(-c2ccccc2)sc(-c2ccccc2)c1Cl. The minimum atomic E-state index is 0.663. The molecule has 0 saturated heterocycles. The monoisotopic (exact) mass is 314 g/mol. The maximum absolute atomic E-state index is 6.39. The lowest BCUT2D eigenvalue weighted by molar-refractivity contribution is 1.65. The van der Waals surface area contributed by atoms with E-state index in [1.165, 1.54) is 0 Å². The number of halogens is 1. The summed E-state index contributed by atoms with van der Waals surface area (Å²) >= 11 is 13.5. The molecule has 3 heteroatoms. The molecule has 0 fully saturated rings. The normalized spacial score (nSPS) is 10.4. The van der Waals surface area contributed by atoms with Crippen molar-refractivity contribution in [2.45, 2.75) is 0 Å². The van der Waals surface area contributed by atoms with E-state index in [-0.39, 0.29) is 0 Å². The van der Waals surface area contributed by atoms with E-state index in [0.717, 1.165) is 20.9 Å². The Morgan fingerprint density at radius 1 is 0.800 bits per heavy atom. The van der Waals surface area contributed by atoms with Crippen molar-refractivity contribution >= 4 is 35.2 Å². The summed E-state index contributed by atoms with van der Waals surface area (Å²) in [5.74, 6) is 0. The van der Waals surface area contributed by atoms with Crippen molar-refractivity contribution in [2.24, 2.45) is 0 Å². The predicted molar refractivity (Wildman–Crippen MR) is 91.0 cm³/mol. The van der Waals surface area contributed by atoms with Crippen LogP contribution < -0.4 is 0 Å². The van der Waals surface area contributed by atoms with Crippen LogP contribution in [-0.2, 0) is 0 Å². The quantitative estimate of drug-likeness (QED) is 0.489. The highest BCUT2D eigenvalue weighted by atomic mass is 35.5. The number of hydrogen-bond donors (Lipinski definition) is 0. The fourth-order valence-electron chi connectivity index (χ4n) is 2.00. The molecule has 0 aliphatic heterocycles. The first-order valence-corrected chi connectivity index (χ1v) is 7.80. The van der Waals surface area contributed by atoms with Crippen LogP contribution >= 0.6 is 35.2 Å². The van der Waals surface area contributed by atoms with E-state index < -0.39 is 0 Å². The molecular weight excluding hydrogens is 304 g/mol. The van der Waals surface area contributed by atoms with Gasteiger partial charge in [0.2, 0.25) is 0 Å². The Labute approximate surface area is 132 Å². The zero-order valence-electron chi connectivity index (χ0n) is 10.5. The summed E-state index contributed by atoms with van der Waals surface area (Å²) in [5.41, 5.74) is 2.27. The van der Waals surface area contributed by atoms with Gasteiger partial charge in [-0.3, -0.25) is 0 Å². The Hall–Kier alpha value is -1.48. The number of hydrogen-bond acceptors (Lipinski definition) is 2. The molecule has 0 atom stereocenters. The van der Waals surface area contributed by atoms with Gasteiger partial charge in [-0.2, -0.15) is 0 Å². The highest BCUT2D eigenvalue weighted by Gasteiger charge is 2.09. The molecule has 0 aliphatic carbocycles. The van der Waals surface area contributed by atoms with Gasteiger partial charge in [0.25, 0.3) is 0 Å². The molecule has 0 spiro atoms. The van der Waals surface area contributed by atoms with E-state index in [9.17, 15) is 0 Å². The zero-order chi connectivity index (χ0) is 13.9. The van der Waals surface area contributed by atoms with Crippen LogP contribution in [0.4, 0.5) is 0 Å². The van der Waals surface area contributed by atoms with Gasteiger partial charge in [-0.05, 0) is 17.2 Å². The average molecular weight is 315 g/mol. The Bertz CT molecular complexity index is 777. The summed E-state index contributed by atoms with van der Waals surface area (Å²) in [7, 11) is 0. The maximum Gasteiger partial charge on any atom is 0.0765 e. The van der Waals surface area contributed by atoms with Gasteiger partial charge in [0.1, 0.15) is 0 Å². The second-order valence-corrected chi connectivity index (χ2v) is 6.22. The third kappa shape index (κ3) is 2.68. The number of rotatable bonds is 2. The summed E-state index contributed by atoms with van der Waals surface area (Å²) in [6.45, 7) is 0. The molecule has 3 aromatic rings. The Morgan fingerprint density at radius 3 is 1.95 bits per heavy atom. The molecule has 0 aliphatic rings. The second kappa shape index (κ2) is 5.88. The molecule has 0 radical (unpaired) electrons. The van der Waals surface area contributed by atoms with Crippen LogP contribution in [0, 0.1) is 4.51 Å². The summed E-state index contributed by atoms with van der Waals surface area (Å²) in [5, 5.41) is 0.663. The molecular formula is C17H11ClS2. The molecule has 1 aromatic heterocycles. The van der Waals surface area contributed by atoms with Crippen molar-refractivity contribution < 1.29 is 0 Å². The molecule has 20 heavy (non-hydrogen) atoms. The lowest BCUT2D eigenvalue weighted by Crippen LogP contribution is -1.81. The molecule has 0 N–H and O–H groups in total.